The Labute approximate surface area is 211 Å². The number of piperidine rings is 1. The number of halogens is 3. The van der Waals surface area contributed by atoms with Crippen molar-refractivity contribution < 1.29 is 8.78 Å². The lowest BCUT2D eigenvalue weighted by atomic mass is 9.34. The summed E-state index contributed by atoms with van der Waals surface area (Å²) in [6.07, 6.45) is 4.76. The van der Waals surface area contributed by atoms with Gasteiger partial charge in [0.05, 0.1) is 11.6 Å². The summed E-state index contributed by atoms with van der Waals surface area (Å²) in [7, 11) is 0. The third-order valence-corrected chi connectivity index (χ3v) is 8.61. The van der Waals surface area contributed by atoms with Crippen molar-refractivity contribution in [1.82, 2.24) is 4.90 Å². The van der Waals surface area contributed by atoms with Crippen molar-refractivity contribution in [2.75, 3.05) is 17.4 Å². The number of rotatable bonds is 8. The number of nitrogens with zero attached hydrogens (tertiary/aromatic N) is 3. The van der Waals surface area contributed by atoms with E-state index in [1.54, 1.807) is 30.1 Å². The summed E-state index contributed by atoms with van der Waals surface area (Å²) in [6.45, 7) is 8.57. The molecule has 2 aromatic rings. The first-order chi connectivity index (χ1) is 16.4. The second kappa shape index (κ2) is 11.2. The lowest BCUT2D eigenvalue weighted by molar-refractivity contribution is 0.176. The van der Waals surface area contributed by atoms with Crippen LogP contribution in [0, 0.1) is 22.9 Å². The van der Waals surface area contributed by atoms with Crippen LogP contribution in [0.5, 0.6) is 0 Å². The predicted molar refractivity (Wildman–Crippen MR) is 140 cm³/mol. The van der Waals surface area contributed by atoms with Crippen molar-refractivity contribution in [3.8, 4) is 5.97 Å². The zero-order chi connectivity index (χ0) is 24.2. The van der Waals surface area contributed by atoms with E-state index in [4.69, 9.17) is 16.9 Å². The topological polar surface area (TPSA) is 30.3 Å². The van der Waals surface area contributed by atoms with Gasteiger partial charge in [-0.3, -0.25) is 0 Å². The monoisotopic (exact) mass is 499 g/mol. The van der Waals surface area contributed by atoms with Gasteiger partial charge in [0, 0.05) is 22.5 Å². The molecule has 0 unspecified atom stereocenters. The maximum Gasteiger partial charge on any atom is 0.270 e. The van der Waals surface area contributed by atoms with Gasteiger partial charge in [-0.05, 0) is 98.4 Å². The Morgan fingerprint density at radius 2 is 1.94 bits per heavy atom. The molecular weight excluding hydrogens is 471 g/mol. The fourth-order valence-electron chi connectivity index (χ4n) is 4.60. The molecule has 178 valence electrons. The fraction of sp³-hybridized carbons (Fsp3) is 0.423. The van der Waals surface area contributed by atoms with E-state index in [-0.39, 0.29) is 17.6 Å². The molecule has 2 aliphatic heterocycles. The Kier molecular flexibility index (Phi) is 8.24. The van der Waals surface area contributed by atoms with Crippen LogP contribution in [0.15, 0.2) is 43.0 Å². The summed E-state index contributed by atoms with van der Waals surface area (Å²) in [5, 5.41) is 9.47. The van der Waals surface area contributed by atoms with E-state index in [2.05, 4.69) is 17.4 Å². The van der Waals surface area contributed by atoms with Crippen LogP contribution >= 0.6 is 23.5 Å². The smallest absolute Gasteiger partial charge is 0.270 e. The van der Waals surface area contributed by atoms with E-state index in [0.29, 0.717) is 23.4 Å². The van der Waals surface area contributed by atoms with Gasteiger partial charge in [0.2, 0.25) is 0 Å². The molecule has 0 aliphatic carbocycles. The third kappa shape index (κ3) is 5.79. The Bertz CT molecular complexity index is 1080. The average Bonchev–Trinajstić information content (AvgIpc) is 2.81. The summed E-state index contributed by atoms with van der Waals surface area (Å²) < 4.78 is 30.9. The largest absolute Gasteiger partial charge is 0.311 e. The molecule has 0 bridgehead atoms. The first kappa shape index (κ1) is 25.1. The van der Waals surface area contributed by atoms with Crippen LogP contribution in [0.3, 0.4) is 0 Å². The molecule has 0 N–H and O–H groups in total. The average molecular weight is 500 g/mol. The maximum absolute atomic E-state index is 15.0. The lowest BCUT2D eigenvalue weighted by Gasteiger charge is -2.43. The molecule has 0 amide bonds. The molecule has 0 spiro atoms. The molecule has 2 saturated heterocycles. The Morgan fingerprint density at radius 3 is 2.56 bits per heavy atom. The van der Waals surface area contributed by atoms with Crippen LogP contribution in [0.25, 0.3) is 5.57 Å². The molecule has 2 aliphatic rings. The molecule has 0 aromatic heterocycles. The Morgan fingerprint density at radius 1 is 1.21 bits per heavy atom. The minimum absolute atomic E-state index is 0.0602. The molecule has 0 atom stereocenters. The second-order valence-electron chi connectivity index (χ2n) is 9.19. The van der Waals surface area contributed by atoms with Crippen LogP contribution in [0.4, 0.5) is 14.5 Å². The van der Waals surface area contributed by atoms with Crippen LogP contribution in [0.1, 0.15) is 37.3 Å². The summed E-state index contributed by atoms with van der Waals surface area (Å²) >= 11 is 7.77. The summed E-state index contributed by atoms with van der Waals surface area (Å²) in [6, 6.07) is 10.5. The van der Waals surface area contributed by atoms with Gasteiger partial charge < -0.3 is 9.21 Å². The first-order valence-corrected chi connectivity index (χ1v) is 13.1. The van der Waals surface area contributed by atoms with Crippen LogP contribution < -0.4 is 4.31 Å². The summed E-state index contributed by atoms with van der Waals surface area (Å²) in [4.78, 5) is 2.50. The third-order valence-electron chi connectivity index (χ3n) is 6.96. The van der Waals surface area contributed by atoms with Crippen LogP contribution in [0.2, 0.25) is 17.7 Å². The normalized spacial score (nSPS) is 17.3. The second-order valence-corrected chi connectivity index (χ2v) is 10.9. The summed E-state index contributed by atoms with van der Waals surface area (Å²) in [5.41, 5.74) is 3.06. The van der Waals surface area contributed by atoms with E-state index >= 15 is 0 Å². The van der Waals surface area contributed by atoms with Crippen molar-refractivity contribution in [3.63, 3.8) is 0 Å². The van der Waals surface area contributed by atoms with Crippen molar-refractivity contribution in [1.29, 1.82) is 5.26 Å². The number of hydrogen-bond acceptors (Lipinski definition) is 4. The van der Waals surface area contributed by atoms with Crippen molar-refractivity contribution in [2.24, 2.45) is 0 Å². The molecule has 3 nitrogen and oxygen atoms in total. The highest BCUT2D eigenvalue weighted by atomic mass is 35.5. The van der Waals surface area contributed by atoms with E-state index in [0.717, 1.165) is 61.8 Å². The van der Waals surface area contributed by atoms with Gasteiger partial charge in [0.15, 0.2) is 0 Å². The highest BCUT2D eigenvalue weighted by Crippen LogP contribution is 2.37. The SMILES string of the molecule is C=C(CC)c1ccc(CN(SC2CCN(C3CB(C#N)C3)CC2)c2ccc(F)c(Cl)c2)c(F)c1. The van der Waals surface area contributed by atoms with Crippen molar-refractivity contribution in [3.05, 3.63) is 70.8 Å². The van der Waals surface area contributed by atoms with E-state index < -0.39 is 5.82 Å². The van der Waals surface area contributed by atoms with Gasteiger partial charge in [-0.2, -0.15) is 0 Å². The summed E-state index contributed by atoms with van der Waals surface area (Å²) in [5.74, 6) is 1.63. The Balaban J connectivity index is 1.46. The van der Waals surface area contributed by atoms with Gasteiger partial charge >= 0.3 is 0 Å². The van der Waals surface area contributed by atoms with Gasteiger partial charge in [-0.15, -0.1) is 0 Å². The Hall–Kier alpha value is -2.01. The first-order valence-electron chi connectivity index (χ1n) is 11.9. The van der Waals surface area contributed by atoms with Crippen LogP contribution in [-0.2, 0) is 6.54 Å². The molecule has 2 heterocycles. The number of allylic oxidation sites excluding steroid dienone is 1. The number of nitriles is 1. The molecule has 4 rings (SSSR count). The molecule has 34 heavy (non-hydrogen) atoms. The van der Waals surface area contributed by atoms with E-state index in [1.807, 2.05) is 23.4 Å². The van der Waals surface area contributed by atoms with Gasteiger partial charge in [0.1, 0.15) is 11.6 Å². The molecule has 2 aromatic carbocycles. The van der Waals surface area contributed by atoms with Gasteiger partial charge in [-0.25, -0.2) is 14.0 Å². The van der Waals surface area contributed by atoms with Crippen LogP contribution in [-0.4, -0.2) is 36.0 Å². The number of anilines is 1. The molecule has 2 fully saturated rings. The molecular formula is C26H29BClF2N3S. The quantitative estimate of drug-likeness (QED) is 0.286. The van der Waals surface area contributed by atoms with Gasteiger partial charge in [-0.1, -0.05) is 37.2 Å². The fourth-order valence-corrected chi connectivity index (χ4v) is 6.01. The van der Waals surface area contributed by atoms with Crippen molar-refractivity contribution >= 4 is 41.5 Å². The minimum atomic E-state index is -0.464. The highest BCUT2D eigenvalue weighted by Gasteiger charge is 2.38. The van der Waals surface area contributed by atoms with Gasteiger partial charge in [0.25, 0.3) is 6.71 Å². The number of benzene rings is 2. The maximum atomic E-state index is 15.0. The predicted octanol–water partition coefficient (Wildman–Crippen LogP) is 7.10. The number of hydrogen-bond donors (Lipinski definition) is 0. The highest BCUT2D eigenvalue weighted by molar-refractivity contribution is 8.01. The molecule has 0 saturated carbocycles. The number of likely N-dealkylation sites (tertiary alicyclic amines) is 1. The van der Waals surface area contributed by atoms with E-state index in [9.17, 15) is 8.78 Å². The van der Waals surface area contributed by atoms with E-state index in [1.165, 1.54) is 6.07 Å². The molecule has 8 heteroatoms. The standard InChI is InChI=1S/C26H29BClF2N3S/c1-3-18(2)19-4-5-20(26(30)12-19)16-33(21-6-7-25(29)24(28)13-21)34-23-8-10-32(11-9-23)22-14-27(15-22)17-31/h4-7,12-13,22-23H,2-3,8-11,14-16H2,1H3. The zero-order valence-electron chi connectivity index (χ0n) is 19.4. The van der Waals surface area contributed by atoms with Crippen molar-refractivity contribution in [2.45, 2.75) is 56.7 Å². The molecule has 0 radical (unpaired) electrons. The minimum Gasteiger partial charge on any atom is -0.311 e. The zero-order valence-corrected chi connectivity index (χ0v) is 21.0. The lowest BCUT2D eigenvalue weighted by Crippen LogP contribution is -2.51.